The number of hydrogen-bond acceptors (Lipinski definition) is 7. The van der Waals surface area contributed by atoms with Crippen LogP contribution < -0.4 is 25.8 Å². The van der Waals surface area contributed by atoms with Crippen molar-refractivity contribution in [3.8, 4) is 5.75 Å². The van der Waals surface area contributed by atoms with Gasteiger partial charge in [-0.15, -0.1) is 0 Å². The number of piperazine rings is 1. The Balaban J connectivity index is 1.13. The molecule has 2 aromatic carbocycles. The first-order valence-corrected chi connectivity index (χ1v) is 12.0. The molecule has 0 spiro atoms. The zero-order valence-corrected chi connectivity index (χ0v) is 19.7. The van der Waals surface area contributed by atoms with Crippen molar-refractivity contribution < 1.29 is 9.57 Å². The lowest BCUT2D eigenvalue weighted by Gasteiger charge is -2.37. The summed E-state index contributed by atoms with van der Waals surface area (Å²) < 4.78 is 6.03. The maximum Gasteiger partial charge on any atom is 0.142 e. The number of nitrogens with two attached hydrogens (primary N) is 1. The van der Waals surface area contributed by atoms with E-state index in [1.165, 1.54) is 16.9 Å². The maximum absolute atomic E-state index is 6.03. The predicted octanol–water partition coefficient (Wildman–Crippen LogP) is 3.03. The molecule has 0 amide bonds. The van der Waals surface area contributed by atoms with Crippen molar-refractivity contribution >= 4 is 17.1 Å². The molecule has 0 aliphatic carbocycles. The summed E-state index contributed by atoms with van der Waals surface area (Å²) in [5.41, 5.74) is 14.9. The van der Waals surface area contributed by atoms with Gasteiger partial charge in [0, 0.05) is 50.6 Å². The largest absolute Gasteiger partial charge is 0.489 e. The first-order valence-electron chi connectivity index (χ1n) is 12.0. The minimum absolute atomic E-state index is 0.0750. The summed E-state index contributed by atoms with van der Waals surface area (Å²) in [4.78, 5) is 13.2. The summed E-state index contributed by atoms with van der Waals surface area (Å²) in [6.07, 6.45) is 3.56. The van der Waals surface area contributed by atoms with Crippen molar-refractivity contribution in [2.75, 3.05) is 61.3 Å². The fourth-order valence-corrected chi connectivity index (χ4v) is 4.95. The second-order valence-electron chi connectivity index (χ2n) is 9.43. The molecule has 1 saturated heterocycles. The Bertz CT molecular complexity index is 1000. The second kappa shape index (κ2) is 9.53. The number of rotatable bonds is 7. The van der Waals surface area contributed by atoms with Crippen molar-refractivity contribution in [2.45, 2.75) is 32.5 Å². The Morgan fingerprint density at radius 1 is 1.06 bits per heavy atom. The van der Waals surface area contributed by atoms with Crippen LogP contribution in [0.25, 0.3) is 0 Å². The third kappa shape index (κ3) is 5.04. The normalized spacial score (nSPS) is 20.7. The van der Waals surface area contributed by atoms with Crippen LogP contribution in [0.5, 0.6) is 5.75 Å². The van der Waals surface area contributed by atoms with Gasteiger partial charge in [-0.3, -0.25) is 15.2 Å². The van der Waals surface area contributed by atoms with Crippen LogP contribution >= 0.6 is 0 Å². The second-order valence-corrected chi connectivity index (χ2v) is 9.43. The molecule has 0 radical (unpaired) electrons. The van der Waals surface area contributed by atoms with E-state index >= 15 is 0 Å². The van der Waals surface area contributed by atoms with Gasteiger partial charge in [0.2, 0.25) is 0 Å². The highest BCUT2D eigenvalue weighted by Crippen LogP contribution is 2.31. The molecule has 3 heterocycles. The van der Waals surface area contributed by atoms with Gasteiger partial charge in [0.15, 0.2) is 0 Å². The van der Waals surface area contributed by atoms with Gasteiger partial charge < -0.3 is 20.3 Å². The van der Waals surface area contributed by atoms with Crippen LogP contribution in [0, 0.1) is 0 Å². The summed E-state index contributed by atoms with van der Waals surface area (Å²) in [5, 5.41) is 0. The molecule has 33 heavy (non-hydrogen) atoms. The number of ether oxygens (including phenoxy) is 1. The van der Waals surface area contributed by atoms with E-state index < -0.39 is 0 Å². The number of fused-ring (bicyclic) bond motifs is 1. The molecule has 176 valence electrons. The molecular weight excluding hydrogens is 414 g/mol. The quantitative estimate of drug-likeness (QED) is 0.630. The predicted molar refractivity (Wildman–Crippen MR) is 134 cm³/mol. The van der Waals surface area contributed by atoms with Crippen molar-refractivity contribution in [3.63, 3.8) is 0 Å². The Morgan fingerprint density at radius 2 is 1.88 bits per heavy atom. The van der Waals surface area contributed by atoms with Crippen LogP contribution in [0.4, 0.5) is 17.1 Å². The number of hydrogen-bond donors (Lipinski definition) is 2. The van der Waals surface area contributed by atoms with E-state index in [9.17, 15) is 0 Å². The molecule has 0 bridgehead atoms. The summed E-state index contributed by atoms with van der Waals surface area (Å²) in [5.74, 6) is 0.974. The average molecular weight is 450 g/mol. The average Bonchev–Trinajstić information content (AvgIpc) is 3.41. The first kappa shape index (κ1) is 21.9. The van der Waals surface area contributed by atoms with E-state index in [1.807, 2.05) is 12.1 Å². The van der Waals surface area contributed by atoms with Gasteiger partial charge in [-0.25, -0.2) is 0 Å². The molecule has 7 nitrogen and oxygen atoms in total. The van der Waals surface area contributed by atoms with E-state index in [0.717, 1.165) is 69.4 Å². The van der Waals surface area contributed by atoms with Gasteiger partial charge in [0.25, 0.3) is 0 Å². The molecule has 0 aromatic heterocycles. The van der Waals surface area contributed by atoms with Gasteiger partial charge in [-0.05, 0) is 56.2 Å². The SMILES string of the molecule is CC(C)Oc1ccccc1N1CCN(CC2C=C(CN3CCc4ccc(N)cc43)NO2)CC1. The van der Waals surface area contributed by atoms with Gasteiger partial charge >= 0.3 is 0 Å². The van der Waals surface area contributed by atoms with E-state index in [-0.39, 0.29) is 12.2 Å². The third-order valence-corrected chi connectivity index (χ3v) is 6.57. The van der Waals surface area contributed by atoms with Crippen LogP contribution in [0.2, 0.25) is 0 Å². The lowest BCUT2D eigenvalue weighted by molar-refractivity contribution is 0.0199. The van der Waals surface area contributed by atoms with Crippen LogP contribution in [0.3, 0.4) is 0 Å². The third-order valence-electron chi connectivity index (χ3n) is 6.57. The molecule has 3 aliphatic rings. The van der Waals surface area contributed by atoms with E-state index in [4.69, 9.17) is 15.3 Å². The van der Waals surface area contributed by atoms with Crippen LogP contribution in [0.1, 0.15) is 19.4 Å². The summed E-state index contributed by atoms with van der Waals surface area (Å²) >= 11 is 0. The zero-order chi connectivity index (χ0) is 22.8. The van der Waals surface area contributed by atoms with Crippen LogP contribution in [-0.4, -0.2) is 62.9 Å². The van der Waals surface area contributed by atoms with Crippen molar-refractivity contribution in [2.24, 2.45) is 0 Å². The summed E-state index contributed by atoms with van der Waals surface area (Å²) in [7, 11) is 0. The lowest BCUT2D eigenvalue weighted by atomic mass is 10.1. The van der Waals surface area contributed by atoms with Gasteiger partial charge in [0.05, 0.1) is 24.0 Å². The monoisotopic (exact) mass is 449 g/mol. The number of nitrogen functional groups attached to an aromatic ring is 1. The molecule has 0 saturated carbocycles. The Hall–Kier alpha value is -2.90. The highest BCUT2D eigenvalue weighted by molar-refractivity contribution is 5.65. The molecule has 2 aromatic rings. The Morgan fingerprint density at radius 3 is 2.70 bits per heavy atom. The number of hydroxylamine groups is 1. The molecule has 1 fully saturated rings. The highest BCUT2D eigenvalue weighted by atomic mass is 16.7. The van der Waals surface area contributed by atoms with E-state index in [2.05, 4.69) is 70.4 Å². The summed E-state index contributed by atoms with van der Waals surface area (Å²) in [6.45, 7) is 10.9. The summed E-state index contributed by atoms with van der Waals surface area (Å²) in [6, 6.07) is 14.6. The zero-order valence-electron chi connectivity index (χ0n) is 19.7. The molecule has 1 unspecified atom stereocenters. The fourth-order valence-electron chi connectivity index (χ4n) is 4.95. The topological polar surface area (TPSA) is 66.2 Å². The maximum atomic E-state index is 6.03. The van der Waals surface area contributed by atoms with E-state index in [0.29, 0.717) is 0 Å². The minimum Gasteiger partial charge on any atom is -0.489 e. The fraction of sp³-hybridized carbons (Fsp3) is 0.462. The van der Waals surface area contributed by atoms with E-state index in [1.54, 1.807) is 0 Å². The first-order chi connectivity index (χ1) is 16.0. The van der Waals surface area contributed by atoms with Crippen molar-refractivity contribution in [1.29, 1.82) is 0 Å². The molecule has 7 heteroatoms. The van der Waals surface area contributed by atoms with Crippen LogP contribution in [0.15, 0.2) is 54.2 Å². The number of nitrogens with zero attached hydrogens (tertiary/aromatic N) is 3. The van der Waals surface area contributed by atoms with Gasteiger partial charge in [-0.2, -0.15) is 0 Å². The van der Waals surface area contributed by atoms with Crippen LogP contribution in [-0.2, 0) is 11.3 Å². The molecule has 3 aliphatic heterocycles. The van der Waals surface area contributed by atoms with Gasteiger partial charge in [0.1, 0.15) is 11.9 Å². The minimum atomic E-state index is 0.0750. The highest BCUT2D eigenvalue weighted by Gasteiger charge is 2.26. The molecular formula is C26H35N5O2. The number of para-hydroxylation sites is 2. The number of anilines is 3. The molecule has 3 N–H and O–H groups in total. The van der Waals surface area contributed by atoms with Crippen molar-refractivity contribution in [1.82, 2.24) is 10.4 Å². The number of nitrogens with one attached hydrogen (secondary N) is 1. The van der Waals surface area contributed by atoms with Crippen molar-refractivity contribution in [3.05, 3.63) is 59.8 Å². The lowest BCUT2D eigenvalue weighted by Crippen LogP contribution is -2.48. The molecule has 1 atom stereocenters. The molecule has 5 rings (SSSR count). The number of benzene rings is 2. The van der Waals surface area contributed by atoms with Gasteiger partial charge in [-0.1, -0.05) is 18.2 Å². The Labute approximate surface area is 196 Å². The Kier molecular flexibility index (Phi) is 6.33. The standard InChI is InChI=1S/C26H35N5O2/c1-19(2)32-26-6-4-3-5-24(26)30-13-11-29(12-14-30)18-23-16-22(28-33-23)17-31-10-9-20-7-8-21(27)15-25(20)31/h3-8,15-16,19,23,28H,9-14,17-18,27H2,1-2H3. The smallest absolute Gasteiger partial charge is 0.142 e.